The average molecular weight is 242 g/mol. The third-order valence-corrected chi connectivity index (χ3v) is 2.86. The number of carbonyl (C=O) groups is 1. The molecule has 0 aliphatic rings. The highest BCUT2D eigenvalue weighted by Crippen LogP contribution is 2.32. The first-order valence-corrected chi connectivity index (χ1v) is 5.63. The number of hydrogen-bond donors (Lipinski definition) is 1. The van der Waals surface area contributed by atoms with Crippen LogP contribution in [0.25, 0.3) is 0 Å². The Morgan fingerprint density at radius 2 is 1.89 bits per heavy atom. The lowest BCUT2D eigenvalue weighted by Crippen LogP contribution is -2.03. The summed E-state index contributed by atoms with van der Waals surface area (Å²) in [5, 5.41) is 9.88. The average Bonchev–Trinajstić information content (AvgIpc) is 2.43. The molecular weight excluding hydrogens is 228 g/mol. The van der Waals surface area contributed by atoms with Gasteiger partial charge in [-0.3, -0.25) is 0 Å². The summed E-state index contributed by atoms with van der Waals surface area (Å²) in [5.41, 5.74) is 1.40. The number of hydrogen-bond acceptors (Lipinski definition) is 3. The second-order valence-corrected chi connectivity index (χ2v) is 3.95. The topological polar surface area (TPSA) is 46.5 Å². The number of benzene rings is 2. The molecule has 0 heterocycles. The van der Waals surface area contributed by atoms with E-state index in [0.717, 1.165) is 11.8 Å². The summed E-state index contributed by atoms with van der Waals surface area (Å²) in [6.45, 7) is 0. The van der Waals surface area contributed by atoms with Crippen LogP contribution in [-0.4, -0.2) is 18.5 Å². The van der Waals surface area contributed by atoms with Crippen molar-refractivity contribution in [2.24, 2.45) is 0 Å². The number of aromatic hydroxyl groups is 1. The van der Waals surface area contributed by atoms with Crippen molar-refractivity contribution < 1.29 is 14.6 Å². The largest absolute Gasteiger partial charge is 0.508 e. The Morgan fingerprint density at radius 1 is 1.17 bits per heavy atom. The van der Waals surface area contributed by atoms with Crippen molar-refractivity contribution in [2.45, 2.75) is 5.92 Å². The Labute approximate surface area is 106 Å². The van der Waals surface area contributed by atoms with Crippen LogP contribution >= 0.6 is 0 Å². The molecular formula is C15H14O3. The van der Waals surface area contributed by atoms with Crippen LogP contribution in [0.3, 0.4) is 0 Å². The maximum absolute atomic E-state index is 11.3. The molecule has 0 bridgehead atoms. The zero-order chi connectivity index (χ0) is 13.0. The molecule has 0 amide bonds. The van der Waals surface area contributed by atoms with Crippen molar-refractivity contribution in [3.8, 4) is 11.5 Å². The van der Waals surface area contributed by atoms with Crippen molar-refractivity contribution >= 4 is 6.29 Å². The minimum atomic E-state index is -0.485. The second kappa shape index (κ2) is 5.36. The molecule has 0 aliphatic carbocycles. The fraction of sp³-hybridized carbons (Fsp3) is 0.133. The van der Waals surface area contributed by atoms with Crippen molar-refractivity contribution in [3.63, 3.8) is 0 Å². The molecule has 1 N–H and O–H groups in total. The van der Waals surface area contributed by atoms with E-state index in [4.69, 9.17) is 4.74 Å². The smallest absolute Gasteiger partial charge is 0.131 e. The molecule has 2 rings (SSSR count). The lowest BCUT2D eigenvalue weighted by Gasteiger charge is -2.14. The fourth-order valence-electron chi connectivity index (χ4n) is 1.90. The van der Waals surface area contributed by atoms with E-state index >= 15 is 0 Å². The maximum Gasteiger partial charge on any atom is 0.131 e. The number of phenolic OH excluding ortho intramolecular Hbond substituents is 1. The fourth-order valence-corrected chi connectivity index (χ4v) is 1.90. The lowest BCUT2D eigenvalue weighted by atomic mass is 9.92. The van der Waals surface area contributed by atoms with Gasteiger partial charge in [-0.1, -0.05) is 30.3 Å². The van der Waals surface area contributed by atoms with Gasteiger partial charge in [0.1, 0.15) is 17.8 Å². The first-order valence-electron chi connectivity index (χ1n) is 5.63. The molecule has 0 saturated carbocycles. The Hall–Kier alpha value is -2.29. The Balaban J connectivity index is 2.48. The summed E-state index contributed by atoms with van der Waals surface area (Å²) in [6.07, 6.45) is 0.823. The SMILES string of the molecule is COc1ccc(O)c(C(C=O)c2ccccc2)c1. The normalized spacial score (nSPS) is 11.8. The van der Waals surface area contributed by atoms with Gasteiger partial charge in [-0.15, -0.1) is 0 Å². The number of aldehydes is 1. The summed E-state index contributed by atoms with van der Waals surface area (Å²) >= 11 is 0. The Kier molecular flexibility index (Phi) is 3.63. The molecule has 0 saturated heterocycles. The monoisotopic (exact) mass is 242 g/mol. The highest BCUT2D eigenvalue weighted by Gasteiger charge is 2.17. The Morgan fingerprint density at radius 3 is 2.50 bits per heavy atom. The molecule has 3 heteroatoms. The molecule has 0 radical (unpaired) electrons. The number of carbonyl (C=O) groups excluding carboxylic acids is 1. The minimum Gasteiger partial charge on any atom is -0.508 e. The standard InChI is InChI=1S/C15H14O3/c1-18-12-7-8-15(17)13(9-12)14(10-16)11-5-3-2-4-6-11/h2-10,14,17H,1H3. The van der Waals surface area contributed by atoms with Crippen LogP contribution in [0.2, 0.25) is 0 Å². The van der Waals surface area contributed by atoms with Gasteiger partial charge in [-0.2, -0.15) is 0 Å². The summed E-state index contributed by atoms with van der Waals surface area (Å²) in [6, 6.07) is 14.2. The van der Waals surface area contributed by atoms with E-state index in [9.17, 15) is 9.90 Å². The summed E-state index contributed by atoms with van der Waals surface area (Å²) < 4.78 is 5.11. The first-order chi connectivity index (χ1) is 8.76. The summed E-state index contributed by atoms with van der Waals surface area (Å²) in [5.74, 6) is 0.226. The van der Waals surface area contributed by atoms with Crippen LogP contribution in [0.5, 0.6) is 11.5 Å². The molecule has 18 heavy (non-hydrogen) atoms. The predicted molar refractivity (Wildman–Crippen MR) is 69.0 cm³/mol. The molecule has 92 valence electrons. The van der Waals surface area contributed by atoms with Crippen LogP contribution in [0.4, 0.5) is 0 Å². The van der Waals surface area contributed by atoms with E-state index in [-0.39, 0.29) is 5.75 Å². The van der Waals surface area contributed by atoms with E-state index < -0.39 is 5.92 Å². The van der Waals surface area contributed by atoms with Crippen LogP contribution in [0.15, 0.2) is 48.5 Å². The second-order valence-electron chi connectivity index (χ2n) is 3.95. The van der Waals surface area contributed by atoms with Crippen LogP contribution in [0, 0.1) is 0 Å². The van der Waals surface area contributed by atoms with Gasteiger partial charge in [0.15, 0.2) is 0 Å². The molecule has 0 fully saturated rings. The third-order valence-electron chi connectivity index (χ3n) is 2.86. The summed E-state index contributed by atoms with van der Waals surface area (Å²) in [4.78, 5) is 11.3. The van der Waals surface area contributed by atoms with E-state index in [2.05, 4.69) is 0 Å². The molecule has 1 unspecified atom stereocenters. The number of phenols is 1. The van der Waals surface area contributed by atoms with Crippen molar-refractivity contribution in [3.05, 3.63) is 59.7 Å². The molecule has 0 aliphatic heterocycles. The molecule has 0 aromatic heterocycles. The molecule has 2 aromatic carbocycles. The van der Waals surface area contributed by atoms with Gasteiger partial charge in [-0.05, 0) is 23.8 Å². The molecule has 1 atom stereocenters. The van der Waals surface area contributed by atoms with Gasteiger partial charge in [0, 0.05) is 5.56 Å². The van der Waals surface area contributed by atoms with Crippen LogP contribution < -0.4 is 4.74 Å². The van der Waals surface area contributed by atoms with E-state index in [1.165, 1.54) is 6.07 Å². The van der Waals surface area contributed by atoms with Gasteiger partial charge in [0.05, 0.1) is 13.0 Å². The van der Waals surface area contributed by atoms with Gasteiger partial charge in [0.2, 0.25) is 0 Å². The number of ether oxygens (including phenoxy) is 1. The van der Waals surface area contributed by atoms with Gasteiger partial charge in [-0.25, -0.2) is 0 Å². The van der Waals surface area contributed by atoms with Gasteiger partial charge < -0.3 is 14.6 Å². The van der Waals surface area contributed by atoms with Crippen molar-refractivity contribution in [1.29, 1.82) is 0 Å². The maximum atomic E-state index is 11.3. The van der Waals surface area contributed by atoms with Gasteiger partial charge >= 0.3 is 0 Å². The third kappa shape index (κ3) is 2.35. The van der Waals surface area contributed by atoms with Crippen molar-refractivity contribution in [1.82, 2.24) is 0 Å². The minimum absolute atomic E-state index is 0.0942. The molecule has 0 spiro atoms. The zero-order valence-electron chi connectivity index (χ0n) is 10.0. The van der Waals surface area contributed by atoms with Gasteiger partial charge in [0.25, 0.3) is 0 Å². The predicted octanol–water partition coefficient (Wildman–Crippen LogP) is 2.73. The summed E-state index contributed by atoms with van der Waals surface area (Å²) in [7, 11) is 1.55. The highest BCUT2D eigenvalue weighted by atomic mass is 16.5. The van der Waals surface area contributed by atoms with Crippen molar-refractivity contribution in [2.75, 3.05) is 7.11 Å². The number of rotatable bonds is 4. The zero-order valence-corrected chi connectivity index (χ0v) is 10.0. The van der Waals surface area contributed by atoms with E-state index in [1.54, 1.807) is 19.2 Å². The lowest BCUT2D eigenvalue weighted by molar-refractivity contribution is -0.108. The van der Waals surface area contributed by atoms with Crippen LogP contribution in [0.1, 0.15) is 17.0 Å². The van der Waals surface area contributed by atoms with E-state index in [1.807, 2.05) is 30.3 Å². The molecule has 2 aromatic rings. The highest BCUT2D eigenvalue weighted by molar-refractivity contribution is 5.70. The quantitative estimate of drug-likeness (QED) is 0.838. The molecule has 3 nitrogen and oxygen atoms in total. The van der Waals surface area contributed by atoms with Crippen LogP contribution in [-0.2, 0) is 4.79 Å². The first kappa shape index (κ1) is 12.2. The Bertz CT molecular complexity index is 535. The number of methoxy groups -OCH3 is 1. The van der Waals surface area contributed by atoms with E-state index in [0.29, 0.717) is 11.3 Å².